The van der Waals surface area contributed by atoms with Crippen molar-refractivity contribution < 1.29 is 23.9 Å². The summed E-state index contributed by atoms with van der Waals surface area (Å²) >= 11 is 0. The summed E-state index contributed by atoms with van der Waals surface area (Å²) in [6.07, 6.45) is 2.20. The number of carbonyl (C=O) groups is 4. The highest BCUT2D eigenvalue weighted by molar-refractivity contribution is 5.98. The maximum atomic E-state index is 13.0. The third-order valence-corrected chi connectivity index (χ3v) is 5.75. The minimum absolute atomic E-state index is 0.134. The lowest BCUT2D eigenvalue weighted by Crippen LogP contribution is -2.53. The maximum Gasteiger partial charge on any atom is 0.302 e. The minimum atomic E-state index is -0.739. The molecule has 9 heteroatoms. The first-order valence-corrected chi connectivity index (χ1v) is 11.7. The van der Waals surface area contributed by atoms with Gasteiger partial charge in [0.25, 0.3) is 0 Å². The second kappa shape index (κ2) is 14.5. The van der Waals surface area contributed by atoms with Gasteiger partial charge in [0, 0.05) is 26.1 Å². The van der Waals surface area contributed by atoms with Crippen LogP contribution in [0.3, 0.4) is 0 Å². The number of Topliss-reactive ketones (excluding diaryl/α,β-unsaturated/α-hetero) is 1. The highest BCUT2D eigenvalue weighted by atomic mass is 16.5. The molecule has 0 aliphatic heterocycles. The highest BCUT2D eigenvalue weighted by Gasteiger charge is 2.32. The van der Waals surface area contributed by atoms with E-state index >= 15 is 0 Å². The van der Waals surface area contributed by atoms with Gasteiger partial charge in [-0.1, -0.05) is 32.4 Å². The number of amides is 2. The van der Waals surface area contributed by atoms with Gasteiger partial charge >= 0.3 is 5.97 Å². The lowest BCUT2D eigenvalue weighted by molar-refractivity contribution is -0.142. The number of likely N-dealkylation sites (N-methyl/N-ethyl adjacent to an activating group) is 2. The Morgan fingerprint density at radius 2 is 1.68 bits per heavy atom. The molecule has 34 heavy (non-hydrogen) atoms. The zero-order valence-corrected chi connectivity index (χ0v) is 21.2. The number of ether oxygens (including phenoxy) is 1. The van der Waals surface area contributed by atoms with Crippen molar-refractivity contribution >= 4 is 29.3 Å². The molecule has 0 bridgehead atoms. The van der Waals surface area contributed by atoms with E-state index in [1.54, 1.807) is 38.4 Å². The van der Waals surface area contributed by atoms with Crippen molar-refractivity contribution in [2.45, 2.75) is 78.1 Å². The first-order valence-electron chi connectivity index (χ1n) is 11.7. The van der Waals surface area contributed by atoms with Crippen molar-refractivity contribution in [1.82, 2.24) is 10.2 Å². The second-order valence-corrected chi connectivity index (χ2v) is 8.93. The van der Waals surface area contributed by atoms with E-state index in [1.165, 1.54) is 11.8 Å². The predicted molar refractivity (Wildman–Crippen MR) is 132 cm³/mol. The number of ketones is 1. The number of unbranched alkanes of at least 4 members (excludes halogenated alkanes) is 1. The summed E-state index contributed by atoms with van der Waals surface area (Å²) in [6.45, 7) is 7.07. The monoisotopic (exact) mass is 476 g/mol. The first-order chi connectivity index (χ1) is 16.0. The van der Waals surface area contributed by atoms with E-state index in [0.29, 0.717) is 31.4 Å². The van der Waals surface area contributed by atoms with Crippen molar-refractivity contribution in [3.05, 3.63) is 29.8 Å². The molecule has 0 radical (unpaired) electrons. The van der Waals surface area contributed by atoms with Crippen LogP contribution in [0.2, 0.25) is 0 Å². The molecular formula is C25H40N4O5. The Morgan fingerprint density at radius 1 is 1.06 bits per heavy atom. The smallest absolute Gasteiger partial charge is 0.302 e. The van der Waals surface area contributed by atoms with E-state index in [1.807, 2.05) is 20.8 Å². The van der Waals surface area contributed by atoms with Crippen molar-refractivity contribution in [2.24, 2.45) is 11.7 Å². The molecule has 0 fully saturated rings. The van der Waals surface area contributed by atoms with Gasteiger partial charge in [-0.15, -0.1) is 0 Å². The third kappa shape index (κ3) is 9.61. The van der Waals surface area contributed by atoms with Gasteiger partial charge in [-0.3, -0.25) is 19.2 Å². The molecule has 0 aliphatic rings. The van der Waals surface area contributed by atoms with Crippen LogP contribution in [0.1, 0.15) is 58.9 Å². The number of hydrogen-bond donors (Lipinski definition) is 3. The first kappa shape index (κ1) is 29.3. The molecule has 3 atom stereocenters. The van der Waals surface area contributed by atoms with Crippen LogP contribution in [-0.4, -0.2) is 60.7 Å². The van der Waals surface area contributed by atoms with Crippen molar-refractivity contribution in [3.8, 4) is 0 Å². The van der Waals surface area contributed by atoms with Gasteiger partial charge in [0.05, 0.1) is 12.1 Å². The standard InChI is InChI=1S/C25H40N4O5/c1-16(2)23(24(32)28-20-13-11-19(12-14-20)15-34-18(4)30)29(6)25(33)21(26)9-7-8-10-22(31)17(3)27-5/h11-14,16-17,21,23,27H,7-10,15,26H2,1-6H3,(H,28,32)/t17-,21-,23-/m0/s1. The number of hydrogen-bond acceptors (Lipinski definition) is 7. The normalized spacial score (nSPS) is 13.6. The maximum absolute atomic E-state index is 13.0. The predicted octanol–water partition coefficient (Wildman–Crippen LogP) is 2.24. The molecule has 0 spiro atoms. The molecule has 0 aliphatic carbocycles. The number of nitrogens with two attached hydrogens (primary N) is 1. The fraction of sp³-hybridized carbons (Fsp3) is 0.600. The third-order valence-electron chi connectivity index (χ3n) is 5.75. The van der Waals surface area contributed by atoms with Crippen LogP contribution in [-0.2, 0) is 30.5 Å². The Labute approximate surface area is 202 Å². The van der Waals surface area contributed by atoms with Crippen LogP contribution in [0.15, 0.2) is 24.3 Å². The number of nitrogens with zero attached hydrogens (tertiary/aromatic N) is 1. The summed E-state index contributed by atoms with van der Waals surface area (Å²) in [5, 5.41) is 5.77. The van der Waals surface area contributed by atoms with Crippen LogP contribution in [0.25, 0.3) is 0 Å². The Hall–Kier alpha value is -2.78. The Bertz CT molecular complexity index is 825. The Balaban J connectivity index is 2.66. The topological polar surface area (TPSA) is 131 Å². The average Bonchev–Trinajstić information content (AvgIpc) is 2.79. The van der Waals surface area contributed by atoms with Gasteiger partial charge in [-0.2, -0.15) is 0 Å². The lowest BCUT2D eigenvalue weighted by atomic mass is 9.99. The molecule has 9 nitrogen and oxygen atoms in total. The van der Waals surface area contributed by atoms with Crippen LogP contribution in [0.5, 0.6) is 0 Å². The van der Waals surface area contributed by atoms with E-state index in [2.05, 4.69) is 10.6 Å². The number of nitrogens with one attached hydrogen (secondary N) is 2. The fourth-order valence-electron chi connectivity index (χ4n) is 3.57. The molecule has 0 saturated heterocycles. The quantitative estimate of drug-likeness (QED) is 0.277. The lowest BCUT2D eigenvalue weighted by Gasteiger charge is -2.32. The molecule has 4 N–H and O–H groups in total. The zero-order chi connectivity index (χ0) is 25.8. The summed E-state index contributed by atoms with van der Waals surface area (Å²) in [5.41, 5.74) is 7.50. The molecular weight excluding hydrogens is 436 g/mol. The molecule has 0 aromatic heterocycles. The summed E-state index contributed by atoms with van der Waals surface area (Å²) < 4.78 is 4.96. The SMILES string of the molecule is CN[C@@H](C)C(=O)CCCC[C@H](N)C(=O)N(C)[C@H](C(=O)Nc1ccc(COC(C)=O)cc1)C(C)C. The van der Waals surface area contributed by atoms with E-state index in [-0.39, 0.29) is 42.1 Å². The van der Waals surface area contributed by atoms with Gasteiger partial charge in [0.2, 0.25) is 11.8 Å². The number of esters is 1. The summed E-state index contributed by atoms with van der Waals surface area (Å²) in [4.78, 5) is 50.1. The van der Waals surface area contributed by atoms with Gasteiger partial charge < -0.3 is 26.0 Å². The van der Waals surface area contributed by atoms with E-state index in [0.717, 1.165) is 5.56 Å². The number of benzene rings is 1. The van der Waals surface area contributed by atoms with Gasteiger partial charge in [-0.05, 0) is 50.4 Å². The summed E-state index contributed by atoms with van der Waals surface area (Å²) in [7, 11) is 3.34. The van der Waals surface area contributed by atoms with Crippen molar-refractivity contribution in [3.63, 3.8) is 0 Å². The zero-order valence-electron chi connectivity index (χ0n) is 21.2. The minimum Gasteiger partial charge on any atom is -0.461 e. The number of rotatable bonds is 14. The van der Waals surface area contributed by atoms with Gasteiger partial charge in [0.15, 0.2) is 0 Å². The van der Waals surface area contributed by atoms with Crippen molar-refractivity contribution in [2.75, 3.05) is 19.4 Å². The molecule has 1 aromatic rings. The molecule has 1 rings (SSSR count). The Morgan fingerprint density at radius 3 is 2.21 bits per heavy atom. The van der Waals surface area contributed by atoms with Crippen LogP contribution in [0, 0.1) is 5.92 Å². The summed E-state index contributed by atoms with van der Waals surface area (Å²) in [5.74, 6) is -0.974. The molecule has 0 saturated carbocycles. The molecule has 1 aromatic carbocycles. The molecule has 190 valence electrons. The van der Waals surface area contributed by atoms with E-state index in [9.17, 15) is 19.2 Å². The molecule has 0 heterocycles. The molecule has 2 amide bonds. The van der Waals surface area contributed by atoms with Crippen LogP contribution in [0.4, 0.5) is 5.69 Å². The molecule has 0 unspecified atom stereocenters. The fourth-order valence-corrected chi connectivity index (χ4v) is 3.57. The number of anilines is 1. The van der Waals surface area contributed by atoms with Crippen LogP contribution >= 0.6 is 0 Å². The van der Waals surface area contributed by atoms with E-state index in [4.69, 9.17) is 10.5 Å². The Kier molecular flexibility index (Phi) is 12.5. The highest BCUT2D eigenvalue weighted by Crippen LogP contribution is 2.17. The average molecular weight is 477 g/mol. The van der Waals surface area contributed by atoms with E-state index < -0.39 is 12.1 Å². The van der Waals surface area contributed by atoms with Crippen LogP contribution < -0.4 is 16.4 Å². The number of carbonyl (C=O) groups excluding carboxylic acids is 4. The van der Waals surface area contributed by atoms with Crippen molar-refractivity contribution in [1.29, 1.82) is 0 Å². The van der Waals surface area contributed by atoms with Gasteiger partial charge in [0.1, 0.15) is 18.4 Å². The van der Waals surface area contributed by atoms with Gasteiger partial charge in [-0.25, -0.2) is 0 Å². The summed E-state index contributed by atoms with van der Waals surface area (Å²) in [6, 6.07) is 5.34. The second-order valence-electron chi connectivity index (χ2n) is 8.93. The largest absolute Gasteiger partial charge is 0.461 e.